The molecule has 0 spiro atoms. The molecular weight excluding hydrogens is 437 g/mol. The van der Waals surface area contributed by atoms with E-state index in [0.29, 0.717) is 17.9 Å². The standard InChI is InChI=1S/C24H26FN7S/c1-31(2)33-32-10-8-20-22(15-32)29-23(17-11-18(25)14-26-12-17)30-24(20)27-9-7-16-13-28-21-6-4-3-5-19(16)21/h3-6,11-14,28H,7-10,15H2,1-2H3,(H,27,29,30). The summed E-state index contributed by atoms with van der Waals surface area (Å²) in [6, 6.07) is 9.75. The second-order valence-electron chi connectivity index (χ2n) is 8.26. The van der Waals surface area contributed by atoms with Crippen LogP contribution in [-0.2, 0) is 19.4 Å². The summed E-state index contributed by atoms with van der Waals surface area (Å²) in [5.74, 6) is 0.924. The third kappa shape index (κ3) is 4.85. The van der Waals surface area contributed by atoms with Crippen LogP contribution in [0.1, 0.15) is 16.8 Å². The Labute approximate surface area is 196 Å². The lowest BCUT2D eigenvalue weighted by molar-refractivity contribution is 0.420. The molecule has 33 heavy (non-hydrogen) atoms. The van der Waals surface area contributed by atoms with Gasteiger partial charge in [0, 0.05) is 59.6 Å². The van der Waals surface area contributed by atoms with E-state index in [-0.39, 0.29) is 0 Å². The normalized spacial score (nSPS) is 14.1. The Balaban J connectivity index is 1.42. The van der Waals surface area contributed by atoms with Gasteiger partial charge < -0.3 is 10.3 Å². The molecule has 5 rings (SSSR count). The molecule has 2 N–H and O–H groups in total. The third-order valence-corrected chi connectivity index (χ3v) is 6.50. The zero-order valence-corrected chi connectivity index (χ0v) is 19.5. The summed E-state index contributed by atoms with van der Waals surface area (Å²) in [7, 11) is 4.06. The minimum absolute atomic E-state index is 0.396. The monoisotopic (exact) mass is 463 g/mol. The molecule has 1 aromatic carbocycles. The minimum atomic E-state index is -0.396. The van der Waals surface area contributed by atoms with E-state index >= 15 is 0 Å². The van der Waals surface area contributed by atoms with E-state index in [0.717, 1.165) is 48.5 Å². The number of para-hydroxylation sites is 1. The quantitative estimate of drug-likeness (QED) is 0.396. The second-order valence-corrected chi connectivity index (χ2v) is 9.67. The van der Waals surface area contributed by atoms with Crippen molar-refractivity contribution < 1.29 is 4.39 Å². The lowest BCUT2D eigenvalue weighted by Gasteiger charge is -2.29. The number of halogens is 1. The Hall–Kier alpha value is -3.01. The Morgan fingerprint density at radius 3 is 2.94 bits per heavy atom. The van der Waals surface area contributed by atoms with Crippen molar-refractivity contribution in [2.24, 2.45) is 0 Å². The lowest BCUT2D eigenvalue weighted by atomic mass is 10.1. The topological polar surface area (TPSA) is 73.0 Å². The fourth-order valence-corrected chi connectivity index (χ4v) is 4.99. The maximum Gasteiger partial charge on any atom is 0.163 e. The summed E-state index contributed by atoms with van der Waals surface area (Å²) >= 11 is 1.68. The molecule has 0 atom stereocenters. The molecule has 7 nitrogen and oxygen atoms in total. The Morgan fingerprint density at radius 2 is 2.09 bits per heavy atom. The van der Waals surface area contributed by atoms with Gasteiger partial charge in [0.15, 0.2) is 5.82 Å². The maximum atomic E-state index is 13.8. The van der Waals surface area contributed by atoms with Gasteiger partial charge in [0.05, 0.1) is 18.4 Å². The van der Waals surface area contributed by atoms with Crippen LogP contribution in [-0.4, -0.2) is 55.7 Å². The summed E-state index contributed by atoms with van der Waals surface area (Å²) in [6.45, 7) is 2.35. The molecule has 0 aliphatic carbocycles. The van der Waals surface area contributed by atoms with Crippen LogP contribution in [0.3, 0.4) is 0 Å². The number of nitrogens with one attached hydrogen (secondary N) is 2. The zero-order valence-electron chi connectivity index (χ0n) is 18.7. The molecule has 0 fully saturated rings. The van der Waals surface area contributed by atoms with Crippen molar-refractivity contribution >= 4 is 28.9 Å². The van der Waals surface area contributed by atoms with Gasteiger partial charge in [-0.1, -0.05) is 18.2 Å². The average Bonchev–Trinajstić information content (AvgIpc) is 3.21. The number of rotatable bonds is 7. The first kappa shape index (κ1) is 21.8. The zero-order chi connectivity index (χ0) is 22.8. The number of hydrogen-bond donors (Lipinski definition) is 2. The highest BCUT2D eigenvalue weighted by Crippen LogP contribution is 2.30. The maximum absolute atomic E-state index is 13.8. The number of anilines is 1. The first-order valence-electron chi connectivity index (χ1n) is 11.0. The van der Waals surface area contributed by atoms with Crippen molar-refractivity contribution in [1.82, 2.24) is 28.5 Å². The molecule has 3 aromatic heterocycles. The molecule has 0 radical (unpaired) electrons. The number of pyridine rings is 1. The van der Waals surface area contributed by atoms with E-state index in [2.05, 4.69) is 48.3 Å². The Morgan fingerprint density at radius 1 is 1.21 bits per heavy atom. The van der Waals surface area contributed by atoms with Crippen molar-refractivity contribution in [1.29, 1.82) is 0 Å². The van der Waals surface area contributed by atoms with E-state index in [4.69, 9.17) is 9.97 Å². The SMILES string of the molecule is CN(C)SN1CCc2c(nc(-c3cncc(F)c3)nc2NCCc2c[nH]c3ccccc23)C1. The number of hydrogen-bond acceptors (Lipinski definition) is 7. The van der Waals surface area contributed by atoms with Gasteiger partial charge in [-0.05, 0) is 44.6 Å². The Kier molecular flexibility index (Phi) is 6.26. The van der Waals surface area contributed by atoms with Gasteiger partial charge >= 0.3 is 0 Å². The molecule has 0 saturated heterocycles. The van der Waals surface area contributed by atoms with Gasteiger partial charge in [-0.15, -0.1) is 0 Å². The molecule has 0 amide bonds. The van der Waals surface area contributed by atoms with Gasteiger partial charge in [-0.3, -0.25) is 4.98 Å². The van der Waals surface area contributed by atoms with Gasteiger partial charge in [0.1, 0.15) is 11.6 Å². The summed E-state index contributed by atoms with van der Waals surface area (Å²) < 4.78 is 18.2. The summed E-state index contributed by atoms with van der Waals surface area (Å²) in [5.41, 5.74) is 5.10. The largest absolute Gasteiger partial charge is 0.369 e. The highest BCUT2D eigenvalue weighted by Gasteiger charge is 2.24. The van der Waals surface area contributed by atoms with Crippen molar-refractivity contribution in [2.75, 3.05) is 32.5 Å². The molecular formula is C24H26FN7S. The first-order chi connectivity index (χ1) is 16.1. The number of aromatic amines is 1. The van der Waals surface area contributed by atoms with E-state index in [1.807, 2.05) is 20.2 Å². The smallest absolute Gasteiger partial charge is 0.163 e. The molecule has 0 unspecified atom stereocenters. The molecule has 0 bridgehead atoms. The summed E-state index contributed by atoms with van der Waals surface area (Å²) in [5, 5.41) is 4.78. The molecule has 4 heterocycles. The lowest BCUT2D eigenvalue weighted by Crippen LogP contribution is -2.30. The van der Waals surface area contributed by atoms with Crippen LogP contribution in [0.25, 0.3) is 22.3 Å². The van der Waals surface area contributed by atoms with E-state index in [1.54, 1.807) is 18.3 Å². The number of aromatic nitrogens is 4. The molecule has 1 aliphatic rings. The van der Waals surface area contributed by atoms with E-state index in [1.165, 1.54) is 23.2 Å². The number of H-pyrrole nitrogens is 1. The molecule has 1 aliphatic heterocycles. The van der Waals surface area contributed by atoms with Crippen molar-refractivity contribution in [3.05, 3.63) is 71.6 Å². The Bertz CT molecular complexity index is 1270. The highest BCUT2D eigenvalue weighted by atomic mass is 32.2. The van der Waals surface area contributed by atoms with Crippen LogP contribution in [0.2, 0.25) is 0 Å². The van der Waals surface area contributed by atoms with E-state index in [9.17, 15) is 4.39 Å². The number of fused-ring (bicyclic) bond motifs is 2. The van der Waals surface area contributed by atoms with Gasteiger partial charge in [-0.2, -0.15) is 0 Å². The fraction of sp³-hybridized carbons (Fsp3) is 0.292. The summed E-state index contributed by atoms with van der Waals surface area (Å²) in [6.07, 6.45) is 6.59. The van der Waals surface area contributed by atoms with Crippen LogP contribution in [0, 0.1) is 5.82 Å². The van der Waals surface area contributed by atoms with E-state index < -0.39 is 5.82 Å². The van der Waals surface area contributed by atoms with Crippen LogP contribution < -0.4 is 5.32 Å². The fourth-order valence-electron chi connectivity index (χ4n) is 4.17. The summed E-state index contributed by atoms with van der Waals surface area (Å²) in [4.78, 5) is 16.9. The average molecular weight is 464 g/mol. The molecule has 9 heteroatoms. The van der Waals surface area contributed by atoms with Gasteiger partial charge in [-0.25, -0.2) is 23.0 Å². The highest BCUT2D eigenvalue weighted by molar-refractivity contribution is 7.94. The van der Waals surface area contributed by atoms with Crippen LogP contribution >= 0.6 is 12.1 Å². The number of nitrogens with zero attached hydrogens (tertiary/aromatic N) is 5. The van der Waals surface area contributed by atoms with Crippen molar-refractivity contribution in [2.45, 2.75) is 19.4 Å². The predicted molar refractivity (Wildman–Crippen MR) is 131 cm³/mol. The number of benzene rings is 1. The molecule has 0 saturated carbocycles. The van der Waals surface area contributed by atoms with Crippen LogP contribution in [0.15, 0.2) is 48.9 Å². The second kappa shape index (κ2) is 9.46. The first-order valence-corrected chi connectivity index (χ1v) is 11.7. The van der Waals surface area contributed by atoms with Gasteiger partial charge in [0.25, 0.3) is 0 Å². The van der Waals surface area contributed by atoms with Crippen LogP contribution in [0.4, 0.5) is 10.2 Å². The van der Waals surface area contributed by atoms with Crippen LogP contribution in [0.5, 0.6) is 0 Å². The third-order valence-electron chi connectivity index (χ3n) is 5.63. The molecule has 4 aromatic rings. The van der Waals surface area contributed by atoms with Gasteiger partial charge in [0.2, 0.25) is 0 Å². The molecule has 170 valence electrons. The minimum Gasteiger partial charge on any atom is -0.369 e. The van der Waals surface area contributed by atoms with Crippen molar-refractivity contribution in [3.63, 3.8) is 0 Å². The predicted octanol–water partition coefficient (Wildman–Crippen LogP) is 4.30. The van der Waals surface area contributed by atoms with Crippen molar-refractivity contribution in [3.8, 4) is 11.4 Å².